The Hall–Kier alpha value is -2.47. The number of thiophene rings is 1. The van der Waals surface area contributed by atoms with Gasteiger partial charge < -0.3 is 5.73 Å². The first-order chi connectivity index (χ1) is 12.8. The van der Waals surface area contributed by atoms with Crippen LogP contribution in [0, 0.1) is 20.8 Å². The van der Waals surface area contributed by atoms with E-state index in [4.69, 9.17) is 10.7 Å². The van der Waals surface area contributed by atoms with E-state index in [0.29, 0.717) is 24.8 Å². The van der Waals surface area contributed by atoms with Crippen LogP contribution in [0.2, 0.25) is 0 Å². The molecule has 0 saturated heterocycles. The molecule has 2 aromatic heterocycles. The smallest absolute Gasteiger partial charge is 0.262 e. The average molecular weight is 384 g/mol. The Morgan fingerprint density at radius 3 is 2.59 bits per heavy atom. The lowest BCUT2D eigenvalue weighted by Gasteiger charge is -2.12. The van der Waals surface area contributed by atoms with Gasteiger partial charge in [0.25, 0.3) is 5.56 Å². The third kappa shape index (κ3) is 3.67. The lowest BCUT2D eigenvalue weighted by atomic mass is 9.99. The Morgan fingerprint density at radius 2 is 1.96 bits per heavy atom. The molecule has 142 valence electrons. The molecular formula is C21H25N3O2S. The molecule has 5 nitrogen and oxygen atoms in total. The first-order valence-electron chi connectivity index (χ1n) is 9.22. The summed E-state index contributed by atoms with van der Waals surface area (Å²) >= 11 is 1.57. The second-order valence-corrected chi connectivity index (χ2v) is 8.12. The molecule has 3 aromatic rings. The van der Waals surface area contributed by atoms with Crippen molar-refractivity contribution in [3.63, 3.8) is 0 Å². The zero-order chi connectivity index (χ0) is 19.7. The molecule has 0 unspecified atom stereocenters. The Morgan fingerprint density at radius 1 is 1.22 bits per heavy atom. The summed E-state index contributed by atoms with van der Waals surface area (Å²) in [6.45, 7) is 8.65. The summed E-state index contributed by atoms with van der Waals surface area (Å²) in [5.41, 5.74) is 9.67. The number of benzene rings is 1. The molecule has 1 amide bonds. The molecule has 2 N–H and O–H groups in total. The first kappa shape index (κ1) is 19.3. The van der Waals surface area contributed by atoms with Gasteiger partial charge in [-0.05, 0) is 43.9 Å². The van der Waals surface area contributed by atoms with Crippen molar-refractivity contribution >= 4 is 27.5 Å². The topological polar surface area (TPSA) is 78.0 Å². The summed E-state index contributed by atoms with van der Waals surface area (Å²) in [5.74, 6) is 0.405. The Bertz CT molecular complexity index is 1080. The van der Waals surface area contributed by atoms with Crippen LogP contribution in [0.15, 0.2) is 23.0 Å². The molecule has 3 rings (SSSR count). The summed E-state index contributed by atoms with van der Waals surface area (Å²) < 4.78 is 1.71. The fourth-order valence-corrected chi connectivity index (χ4v) is 4.45. The van der Waals surface area contributed by atoms with Gasteiger partial charge in [-0.15, -0.1) is 11.3 Å². The maximum absolute atomic E-state index is 13.4. The van der Waals surface area contributed by atoms with Crippen LogP contribution >= 0.6 is 11.3 Å². The molecule has 0 spiro atoms. The molecule has 27 heavy (non-hydrogen) atoms. The van der Waals surface area contributed by atoms with Crippen LogP contribution in [0.25, 0.3) is 21.3 Å². The molecule has 1 aromatic carbocycles. The number of nitrogens with zero attached hydrogens (tertiary/aromatic N) is 2. The van der Waals surface area contributed by atoms with Gasteiger partial charge in [0.2, 0.25) is 5.91 Å². The van der Waals surface area contributed by atoms with E-state index in [1.807, 2.05) is 13.8 Å². The van der Waals surface area contributed by atoms with Crippen molar-refractivity contribution in [1.29, 1.82) is 0 Å². The van der Waals surface area contributed by atoms with Crippen molar-refractivity contribution in [2.45, 2.75) is 53.5 Å². The van der Waals surface area contributed by atoms with Crippen molar-refractivity contribution in [3.05, 3.63) is 50.4 Å². The third-order valence-corrected chi connectivity index (χ3v) is 5.98. The van der Waals surface area contributed by atoms with Gasteiger partial charge in [0.15, 0.2) is 0 Å². The van der Waals surface area contributed by atoms with Gasteiger partial charge in [-0.3, -0.25) is 14.2 Å². The fraction of sp³-hybridized carbons (Fsp3) is 0.381. The van der Waals surface area contributed by atoms with E-state index in [1.165, 1.54) is 11.1 Å². The second-order valence-electron chi connectivity index (χ2n) is 6.92. The van der Waals surface area contributed by atoms with E-state index < -0.39 is 0 Å². The molecule has 0 bridgehead atoms. The molecule has 0 fully saturated rings. The zero-order valence-corrected chi connectivity index (χ0v) is 17.1. The van der Waals surface area contributed by atoms with Crippen molar-refractivity contribution in [1.82, 2.24) is 9.55 Å². The summed E-state index contributed by atoms with van der Waals surface area (Å²) in [6, 6.07) is 6.29. The van der Waals surface area contributed by atoms with Crippen molar-refractivity contribution < 1.29 is 4.79 Å². The molecule has 0 aliphatic heterocycles. The van der Waals surface area contributed by atoms with Gasteiger partial charge in [0, 0.05) is 29.8 Å². The van der Waals surface area contributed by atoms with Crippen LogP contribution in [0.3, 0.4) is 0 Å². The minimum absolute atomic E-state index is 0.0288. The number of hydrogen-bond acceptors (Lipinski definition) is 4. The number of nitrogens with two attached hydrogens (primary N) is 1. The van der Waals surface area contributed by atoms with E-state index >= 15 is 0 Å². The summed E-state index contributed by atoms with van der Waals surface area (Å²) in [7, 11) is 0. The number of fused-ring (bicyclic) bond motifs is 1. The zero-order valence-electron chi connectivity index (χ0n) is 16.3. The lowest BCUT2D eigenvalue weighted by Crippen LogP contribution is -2.26. The Labute approximate surface area is 162 Å². The van der Waals surface area contributed by atoms with Gasteiger partial charge in [-0.1, -0.05) is 25.1 Å². The monoisotopic (exact) mass is 383 g/mol. The van der Waals surface area contributed by atoms with Crippen LogP contribution in [-0.2, 0) is 17.8 Å². The van der Waals surface area contributed by atoms with Crippen LogP contribution < -0.4 is 11.3 Å². The molecule has 2 heterocycles. The lowest BCUT2D eigenvalue weighted by molar-refractivity contribution is -0.118. The molecule has 6 heteroatoms. The molecule has 0 saturated carbocycles. The number of aryl methyl sites for hydroxylation is 4. The van der Waals surface area contributed by atoms with Crippen molar-refractivity contribution in [3.8, 4) is 11.1 Å². The van der Waals surface area contributed by atoms with Gasteiger partial charge >= 0.3 is 0 Å². The summed E-state index contributed by atoms with van der Waals surface area (Å²) in [4.78, 5) is 31.1. The van der Waals surface area contributed by atoms with Gasteiger partial charge in [-0.2, -0.15) is 0 Å². The number of amides is 1. The van der Waals surface area contributed by atoms with Crippen molar-refractivity contribution in [2.75, 3.05) is 0 Å². The Balaban J connectivity index is 2.21. The maximum atomic E-state index is 13.4. The van der Waals surface area contributed by atoms with Crippen LogP contribution in [0.4, 0.5) is 0 Å². The van der Waals surface area contributed by atoms with Gasteiger partial charge in [0.05, 0.1) is 5.39 Å². The maximum Gasteiger partial charge on any atom is 0.262 e. The van der Waals surface area contributed by atoms with Crippen LogP contribution in [-0.4, -0.2) is 15.5 Å². The first-order valence-corrected chi connectivity index (χ1v) is 10.0. The highest BCUT2D eigenvalue weighted by Gasteiger charge is 2.19. The average Bonchev–Trinajstić information content (AvgIpc) is 2.95. The normalized spacial score (nSPS) is 11.3. The highest BCUT2D eigenvalue weighted by Crippen LogP contribution is 2.36. The minimum Gasteiger partial charge on any atom is -0.370 e. The third-order valence-electron chi connectivity index (χ3n) is 4.98. The van der Waals surface area contributed by atoms with Crippen LogP contribution in [0.1, 0.15) is 41.6 Å². The summed E-state index contributed by atoms with van der Waals surface area (Å²) in [6.07, 6.45) is 1.47. The standard InChI is InChI=1S/C21H25N3O2S/c1-5-17-23-20-19(21(26)24(17)10-6-7-16(22)25)18(14(4)27-20)15-9-8-12(2)13(3)11-15/h8-9,11H,5-7,10H2,1-4H3,(H2,22,25). The van der Waals surface area contributed by atoms with E-state index in [2.05, 4.69) is 32.0 Å². The number of hydrogen-bond donors (Lipinski definition) is 1. The largest absolute Gasteiger partial charge is 0.370 e. The molecule has 0 radical (unpaired) electrons. The van der Waals surface area contributed by atoms with E-state index in [1.54, 1.807) is 15.9 Å². The van der Waals surface area contributed by atoms with E-state index in [9.17, 15) is 9.59 Å². The van der Waals surface area contributed by atoms with Gasteiger partial charge in [0.1, 0.15) is 10.7 Å². The number of carbonyl (C=O) groups is 1. The molecular weight excluding hydrogens is 358 g/mol. The predicted octanol–water partition coefficient (Wildman–Crippen LogP) is 3.88. The Kier molecular flexibility index (Phi) is 5.46. The number of primary amides is 1. The number of carbonyl (C=O) groups excluding carboxylic acids is 1. The minimum atomic E-state index is -0.350. The summed E-state index contributed by atoms with van der Waals surface area (Å²) in [5, 5.41) is 0.678. The molecule has 0 aliphatic carbocycles. The van der Waals surface area contributed by atoms with Crippen LogP contribution in [0.5, 0.6) is 0 Å². The quantitative estimate of drug-likeness (QED) is 0.702. The highest BCUT2D eigenvalue weighted by atomic mass is 32.1. The molecule has 0 atom stereocenters. The SMILES string of the molecule is CCc1nc2sc(C)c(-c3ccc(C)c(C)c3)c2c(=O)n1CCCC(N)=O. The van der Waals surface area contributed by atoms with E-state index in [-0.39, 0.29) is 17.9 Å². The van der Waals surface area contributed by atoms with Gasteiger partial charge in [-0.25, -0.2) is 4.98 Å². The fourth-order valence-electron chi connectivity index (χ4n) is 3.39. The number of rotatable bonds is 6. The highest BCUT2D eigenvalue weighted by molar-refractivity contribution is 7.19. The predicted molar refractivity (Wildman–Crippen MR) is 111 cm³/mol. The van der Waals surface area contributed by atoms with E-state index in [0.717, 1.165) is 26.7 Å². The second kappa shape index (κ2) is 7.64. The van der Waals surface area contributed by atoms with Crippen molar-refractivity contribution in [2.24, 2.45) is 5.73 Å². The molecule has 0 aliphatic rings. The number of aromatic nitrogens is 2.